The number of halogens is 1. The zero-order chi connectivity index (χ0) is 12.0. The third kappa shape index (κ3) is 4.21. The lowest BCUT2D eigenvalue weighted by Crippen LogP contribution is -2.31. The van der Waals surface area contributed by atoms with Crippen molar-refractivity contribution < 1.29 is 4.79 Å². The van der Waals surface area contributed by atoms with Gasteiger partial charge in [0.1, 0.15) is 0 Å². The first-order chi connectivity index (χ1) is 7.61. The minimum Gasteiger partial charge on any atom is -0.355 e. The third-order valence-electron chi connectivity index (χ3n) is 2.32. The number of rotatable bonds is 5. The molecule has 0 unspecified atom stereocenters. The topological polar surface area (TPSA) is 41.1 Å². The van der Waals surface area contributed by atoms with Gasteiger partial charge in [0.2, 0.25) is 5.91 Å². The molecule has 0 fully saturated rings. The molecule has 0 heterocycles. The molecule has 4 heteroatoms. The van der Waals surface area contributed by atoms with E-state index in [1.54, 1.807) is 0 Å². The van der Waals surface area contributed by atoms with Crippen LogP contribution in [0.3, 0.4) is 0 Å². The number of nitrogens with one attached hydrogen (secondary N) is 2. The Balaban J connectivity index is 2.38. The Hall–Kier alpha value is -1.06. The average Bonchev–Trinajstić information content (AvgIpc) is 2.24. The van der Waals surface area contributed by atoms with Crippen molar-refractivity contribution in [1.29, 1.82) is 0 Å². The van der Waals surface area contributed by atoms with Crippen molar-refractivity contribution in [3.63, 3.8) is 0 Å². The molecule has 0 bridgehead atoms. The number of carbonyl (C=O) groups excluding carboxylic acids is 1. The van der Waals surface area contributed by atoms with Gasteiger partial charge in [-0.3, -0.25) is 4.79 Å². The first kappa shape index (κ1) is 13.0. The Morgan fingerprint density at radius 3 is 2.69 bits per heavy atom. The molecule has 1 rings (SSSR count). The van der Waals surface area contributed by atoms with Crippen LogP contribution in [0.25, 0.3) is 0 Å². The van der Waals surface area contributed by atoms with E-state index in [1.165, 1.54) is 6.92 Å². The predicted molar refractivity (Wildman–Crippen MR) is 66.6 cm³/mol. The van der Waals surface area contributed by atoms with Crippen molar-refractivity contribution in [2.75, 3.05) is 13.1 Å². The average molecular weight is 241 g/mol. The normalized spacial score (nSPS) is 12.2. The minimum atomic E-state index is -0.00723. The van der Waals surface area contributed by atoms with Crippen LogP contribution in [0.4, 0.5) is 0 Å². The second kappa shape index (κ2) is 6.51. The van der Waals surface area contributed by atoms with Crippen molar-refractivity contribution in [2.24, 2.45) is 0 Å². The first-order valence-corrected chi connectivity index (χ1v) is 5.71. The van der Waals surface area contributed by atoms with Crippen LogP contribution in [-0.2, 0) is 4.79 Å². The maximum absolute atomic E-state index is 10.7. The maximum atomic E-state index is 10.7. The first-order valence-electron chi connectivity index (χ1n) is 5.33. The van der Waals surface area contributed by atoms with E-state index in [1.807, 2.05) is 24.3 Å². The lowest BCUT2D eigenvalue weighted by atomic mass is 10.1. The van der Waals surface area contributed by atoms with Gasteiger partial charge in [-0.2, -0.15) is 0 Å². The van der Waals surface area contributed by atoms with E-state index in [4.69, 9.17) is 11.6 Å². The van der Waals surface area contributed by atoms with Crippen LogP contribution in [-0.4, -0.2) is 19.0 Å². The van der Waals surface area contributed by atoms with Gasteiger partial charge in [-0.15, -0.1) is 0 Å². The lowest BCUT2D eigenvalue weighted by Gasteiger charge is -2.15. The monoisotopic (exact) mass is 240 g/mol. The fourth-order valence-electron chi connectivity index (χ4n) is 1.46. The molecule has 16 heavy (non-hydrogen) atoms. The molecule has 0 saturated carbocycles. The van der Waals surface area contributed by atoms with Gasteiger partial charge in [0.25, 0.3) is 0 Å². The van der Waals surface area contributed by atoms with Gasteiger partial charge in [-0.1, -0.05) is 29.8 Å². The van der Waals surface area contributed by atoms with Gasteiger partial charge < -0.3 is 10.6 Å². The van der Waals surface area contributed by atoms with Crippen LogP contribution in [0.1, 0.15) is 25.5 Å². The summed E-state index contributed by atoms with van der Waals surface area (Å²) in [7, 11) is 0. The van der Waals surface area contributed by atoms with E-state index >= 15 is 0 Å². The number of hydrogen-bond donors (Lipinski definition) is 2. The van der Waals surface area contributed by atoms with Crippen LogP contribution in [0.5, 0.6) is 0 Å². The van der Waals surface area contributed by atoms with E-state index < -0.39 is 0 Å². The summed E-state index contributed by atoms with van der Waals surface area (Å²) >= 11 is 6.07. The van der Waals surface area contributed by atoms with Gasteiger partial charge in [-0.25, -0.2) is 0 Å². The summed E-state index contributed by atoms with van der Waals surface area (Å²) < 4.78 is 0. The molecule has 3 nitrogen and oxygen atoms in total. The van der Waals surface area contributed by atoms with Gasteiger partial charge in [0, 0.05) is 31.1 Å². The Labute approximate surface area is 101 Å². The molecular formula is C12H17ClN2O. The lowest BCUT2D eigenvalue weighted by molar-refractivity contribution is -0.118. The molecule has 1 aromatic carbocycles. The molecule has 1 amide bonds. The van der Waals surface area contributed by atoms with E-state index in [0.29, 0.717) is 6.54 Å². The van der Waals surface area contributed by atoms with Crippen LogP contribution < -0.4 is 10.6 Å². The highest BCUT2D eigenvalue weighted by Crippen LogP contribution is 2.21. The zero-order valence-electron chi connectivity index (χ0n) is 9.59. The summed E-state index contributed by atoms with van der Waals surface area (Å²) in [5, 5.41) is 6.79. The number of amides is 1. The van der Waals surface area contributed by atoms with Crippen molar-refractivity contribution in [3.8, 4) is 0 Å². The summed E-state index contributed by atoms with van der Waals surface area (Å²) in [5.41, 5.74) is 1.08. The van der Waals surface area contributed by atoms with Crippen molar-refractivity contribution in [1.82, 2.24) is 10.6 Å². The number of benzene rings is 1. The highest BCUT2D eigenvalue weighted by atomic mass is 35.5. The Bertz CT molecular complexity index is 355. The molecule has 2 N–H and O–H groups in total. The summed E-state index contributed by atoms with van der Waals surface area (Å²) in [6.07, 6.45) is 0. The third-order valence-corrected chi connectivity index (χ3v) is 2.67. The second-order valence-electron chi connectivity index (χ2n) is 3.68. The molecular weight excluding hydrogens is 224 g/mol. The predicted octanol–water partition coefficient (Wildman–Crippen LogP) is 2.13. The van der Waals surface area contributed by atoms with Crippen LogP contribution in [0.15, 0.2) is 24.3 Å². The molecule has 0 aliphatic heterocycles. The molecule has 1 aromatic rings. The van der Waals surface area contributed by atoms with Gasteiger partial charge >= 0.3 is 0 Å². The van der Waals surface area contributed by atoms with E-state index in [-0.39, 0.29) is 11.9 Å². The molecule has 0 spiro atoms. The quantitative estimate of drug-likeness (QED) is 0.775. The fraction of sp³-hybridized carbons (Fsp3) is 0.417. The van der Waals surface area contributed by atoms with Crippen molar-refractivity contribution in [3.05, 3.63) is 34.9 Å². The molecule has 0 saturated heterocycles. The van der Waals surface area contributed by atoms with Crippen molar-refractivity contribution in [2.45, 2.75) is 19.9 Å². The number of carbonyl (C=O) groups is 1. The second-order valence-corrected chi connectivity index (χ2v) is 4.09. The van der Waals surface area contributed by atoms with Gasteiger partial charge in [-0.05, 0) is 18.6 Å². The molecule has 1 atom stereocenters. The Morgan fingerprint density at radius 1 is 1.38 bits per heavy atom. The number of hydrogen-bond acceptors (Lipinski definition) is 2. The molecule has 0 aliphatic carbocycles. The largest absolute Gasteiger partial charge is 0.355 e. The molecule has 0 aromatic heterocycles. The highest BCUT2D eigenvalue weighted by molar-refractivity contribution is 6.31. The fourth-order valence-corrected chi connectivity index (χ4v) is 1.76. The van der Waals surface area contributed by atoms with Crippen molar-refractivity contribution >= 4 is 17.5 Å². The molecule has 0 radical (unpaired) electrons. The highest BCUT2D eigenvalue weighted by Gasteiger charge is 2.07. The summed E-state index contributed by atoms with van der Waals surface area (Å²) in [6.45, 7) is 4.92. The van der Waals surface area contributed by atoms with Gasteiger partial charge in [0.05, 0.1) is 0 Å². The Kier molecular flexibility index (Phi) is 5.29. The van der Waals surface area contributed by atoms with E-state index in [2.05, 4.69) is 17.6 Å². The standard InChI is InChI=1S/C12H17ClN2O/c1-9(14-7-8-15-10(2)16)11-5-3-4-6-12(11)13/h3-6,9,14H,7-8H2,1-2H3,(H,15,16)/t9-/m0/s1. The minimum absolute atomic E-state index is 0.00723. The molecule has 0 aliphatic rings. The summed E-state index contributed by atoms with van der Waals surface area (Å²) in [6, 6.07) is 7.94. The van der Waals surface area contributed by atoms with E-state index in [9.17, 15) is 4.79 Å². The molecule has 88 valence electrons. The maximum Gasteiger partial charge on any atom is 0.216 e. The summed E-state index contributed by atoms with van der Waals surface area (Å²) in [4.78, 5) is 10.7. The summed E-state index contributed by atoms with van der Waals surface area (Å²) in [5.74, 6) is -0.00723. The zero-order valence-corrected chi connectivity index (χ0v) is 10.3. The SMILES string of the molecule is CC(=O)NCCN[C@@H](C)c1ccccc1Cl. The van der Waals surface area contributed by atoms with E-state index in [0.717, 1.165) is 17.1 Å². The van der Waals surface area contributed by atoms with Crippen LogP contribution in [0.2, 0.25) is 5.02 Å². The van der Waals surface area contributed by atoms with Gasteiger partial charge in [0.15, 0.2) is 0 Å². The van der Waals surface area contributed by atoms with Crippen LogP contribution >= 0.6 is 11.6 Å². The Morgan fingerprint density at radius 2 is 2.06 bits per heavy atom. The van der Waals surface area contributed by atoms with Crippen LogP contribution in [0, 0.1) is 0 Å². The smallest absolute Gasteiger partial charge is 0.216 e.